The fourth-order valence-corrected chi connectivity index (χ4v) is 4.07. The molecule has 0 bridgehead atoms. The lowest BCUT2D eigenvalue weighted by molar-refractivity contribution is -0.384. The lowest BCUT2D eigenvalue weighted by Crippen LogP contribution is -2.10. The number of anilines is 1. The van der Waals surface area contributed by atoms with Gasteiger partial charge in [0.05, 0.1) is 15.5 Å². The highest BCUT2D eigenvalue weighted by molar-refractivity contribution is 9.11. The first-order valence-corrected chi connectivity index (χ1v) is 9.25. The van der Waals surface area contributed by atoms with Gasteiger partial charge in [0.25, 0.3) is 0 Å². The molecule has 0 aromatic heterocycles. The van der Waals surface area contributed by atoms with E-state index in [2.05, 4.69) is 37.2 Å². The first kappa shape index (κ1) is 20.8. The third kappa shape index (κ3) is 4.40. The van der Waals surface area contributed by atoms with Crippen LogP contribution in [0.5, 0.6) is 0 Å². The Morgan fingerprint density at radius 3 is 2.65 bits per heavy atom. The number of carbonyl (C=O) groups excluding carboxylic acids is 1. The molecule has 2 aromatic carbocycles. The number of nitro groups is 1. The number of nitrogens with one attached hydrogen (secondary N) is 1. The molecule has 0 aliphatic carbocycles. The number of ketones is 1. The van der Waals surface area contributed by atoms with Gasteiger partial charge >= 0.3 is 5.69 Å². The number of nitro benzene ring substituents is 1. The zero-order chi connectivity index (χ0) is 19.4. The Balaban J connectivity index is 2.59. The van der Waals surface area contributed by atoms with E-state index >= 15 is 0 Å². The third-order valence-corrected chi connectivity index (χ3v) is 5.15. The molecule has 6 nitrogen and oxygen atoms in total. The highest BCUT2D eigenvalue weighted by Gasteiger charge is 2.29. The molecular formula is C16H12Br2ClFN2O4. The van der Waals surface area contributed by atoms with Gasteiger partial charge in [0.2, 0.25) is 0 Å². The molecule has 2 aromatic rings. The van der Waals surface area contributed by atoms with Crippen LogP contribution < -0.4 is 5.32 Å². The second-order valence-corrected chi connectivity index (χ2v) is 7.21. The molecule has 0 unspecified atom stereocenters. The van der Waals surface area contributed by atoms with Crippen molar-refractivity contribution in [3.8, 4) is 0 Å². The van der Waals surface area contributed by atoms with Crippen LogP contribution in [-0.2, 0) is 0 Å². The fraction of sp³-hybridized carbons (Fsp3) is 0.188. The largest absolute Gasteiger partial charge is 0.396 e. The number of aliphatic hydroxyl groups is 1. The molecule has 26 heavy (non-hydrogen) atoms. The van der Waals surface area contributed by atoms with Crippen LogP contribution in [0.25, 0.3) is 0 Å². The van der Waals surface area contributed by atoms with E-state index in [0.29, 0.717) is 13.0 Å². The number of aliphatic hydroxyl groups excluding tert-OH is 1. The van der Waals surface area contributed by atoms with Crippen LogP contribution in [0.3, 0.4) is 0 Å². The molecular weight excluding hydrogens is 498 g/mol. The summed E-state index contributed by atoms with van der Waals surface area (Å²) < 4.78 is 13.7. The average Bonchev–Trinajstić information content (AvgIpc) is 2.56. The molecule has 0 heterocycles. The number of nitrogens with zero attached hydrogens (tertiary/aromatic N) is 1. The molecule has 0 aliphatic rings. The second-order valence-electron chi connectivity index (χ2n) is 5.16. The molecule has 0 saturated heterocycles. The summed E-state index contributed by atoms with van der Waals surface area (Å²) in [4.78, 5) is 23.7. The summed E-state index contributed by atoms with van der Waals surface area (Å²) in [6.07, 6.45) is 0.395. The van der Waals surface area contributed by atoms with Crippen molar-refractivity contribution in [3.63, 3.8) is 0 Å². The quantitative estimate of drug-likeness (QED) is 0.238. The Labute approximate surface area is 169 Å². The first-order chi connectivity index (χ1) is 12.3. The number of carbonyl (C=O) groups is 1. The van der Waals surface area contributed by atoms with E-state index < -0.39 is 16.5 Å². The van der Waals surface area contributed by atoms with Gasteiger partial charge in [-0.3, -0.25) is 14.9 Å². The van der Waals surface area contributed by atoms with Gasteiger partial charge in [-0.25, -0.2) is 4.39 Å². The standard InChI is InChI=1S/C16H12Br2ClFN2O4/c17-10-7-12(21-4-1-5-23)15(22(25)26)14(18)13(10)16(24)9-6-8(20)2-3-11(9)19/h2-3,6-7,21,23H,1,4-5H2. The van der Waals surface area contributed by atoms with E-state index in [1.54, 1.807) is 0 Å². The molecule has 0 atom stereocenters. The van der Waals surface area contributed by atoms with E-state index in [0.717, 1.165) is 12.1 Å². The topological polar surface area (TPSA) is 92.5 Å². The van der Waals surface area contributed by atoms with Gasteiger partial charge in [0, 0.05) is 23.2 Å². The van der Waals surface area contributed by atoms with Crippen LogP contribution >= 0.6 is 43.5 Å². The number of benzene rings is 2. The molecule has 2 N–H and O–H groups in total. The Hall–Kier alpha value is -1.55. The summed E-state index contributed by atoms with van der Waals surface area (Å²) >= 11 is 12.3. The molecule has 138 valence electrons. The maximum absolute atomic E-state index is 13.5. The lowest BCUT2D eigenvalue weighted by atomic mass is 10.0. The van der Waals surface area contributed by atoms with Gasteiger partial charge in [-0.1, -0.05) is 11.6 Å². The molecule has 10 heteroatoms. The molecule has 0 spiro atoms. The second kappa shape index (κ2) is 8.90. The van der Waals surface area contributed by atoms with Gasteiger partial charge < -0.3 is 10.4 Å². The Bertz CT molecular complexity index is 880. The summed E-state index contributed by atoms with van der Waals surface area (Å²) in [7, 11) is 0. The number of hydrogen-bond donors (Lipinski definition) is 2. The van der Waals surface area contributed by atoms with Crippen LogP contribution in [0.1, 0.15) is 22.3 Å². The maximum Gasteiger partial charge on any atom is 0.307 e. The summed E-state index contributed by atoms with van der Waals surface area (Å²) in [5.74, 6) is -1.32. The summed E-state index contributed by atoms with van der Waals surface area (Å²) in [6, 6.07) is 4.72. The summed E-state index contributed by atoms with van der Waals surface area (Å²) in [6.45, 7) is 0.233. The minimum Gasteiger partial charge on any atom is -0.396 e. The summed E-state index contributed by atoms with van der Waals surface area (Å²) in [5.41, 5.74) is -0.327. The molecule has 0 aliphatic heterocycles. The molecule has 2 rings (SSSR count). The zero-order valence-corrected chi connectivity index (χ0v) is 17.0. The summed E-state index contributed by atoms with van der Waals surface area (Å²) in [5, 5.41) is 23.2. The number of halogens is 4. The minimum atomic E-state index is -0.668. The maximum atomic E-state index is 13.5. The van der Waals surface area contributed by atoms with E-state index in [1.807, 2.05) is 0 Å². The van der Waals surface area contributed by atoms with Crippen molar-refractivity contribution in [1.29, 1.82) is 0 Å². The first-order valence-electron chi connectivity index (χ1n) is 7.28. The van der Waals surface area contributed by atoms with Crippen molar-refractivity contribution in [2.45, 2.75) is 6.42 Å². The lowest BCUT2D eigenvalue weighted by Gasteiger charge is -2.13. The number of rotatable bonds is 7. The highest BCUT2D eigenvalue weighted by Crippen LogP contribution is 2.41. The van der Waals surface area contributed by atoms with E-state index in [4.69, 9.17) is 16.7 Å². The minimum absolute atomic E-state index is 0.0306. The average molecular weight is 511 g/mol. The molecule has 0 saturated carbocycles. The monoisotopic (exact) mass is 508 g/mol. The Morgan fingerprint density at radius 1 is 1.35 bits per heavy atom. The zero-order valence-electron chi connectivity index (χ0n) is 13.1. The third-order valence-electron chi connectivity index (χ3n) is 3.43. The van der Waals surface area contributed by atoms with Crippen LogP contribution in [0.4, 0.5) is 15.8 Å². The van der Waals surface area contributed by atoms with Crippen LogP contribution in [-0.4, -0.2) is 29.0 Å². The smallest absolute Gasteiger partial charge is 0.307 e. The highest BCUT2D eigenvalue weighted by atomic mass is 79.9. The van der Waals surface area contributed by atoms with Gasteiger partial charge in [0.1, 0.15) is 16.0 Å². The molecule has 0 amide bonds. The van der Waals surface area contributed by atoms with Crippen molar-refractivity contribution in [2.24, 2.45) is 0 Å². The normalized spacial score (nSPS) is 10.7. The fourth-order valence-electron chi connectivity index (χ4n) is 2.24. The predicted octanol–water partition coefficient (Wildman–Crippen LogP) is 4.94. The molecule has 0 fully saturated rings. The van der Waals surface area contributed by atoms with E-state index in [9.17, 15) is 19.3 Å². The number of hydrogen-bond acceptors (Lipinski definition) is 5. The van der Waals surface area contributed by atoms with E-state index in [-0.39, 0.29) is 43.1 Å². The Kier molecular flexibility index (Phi) is 7.10. The van der Waals surface area contributed by atoms with Crippen molar-refractivity contribution in [1.82, 2.24) is 0 Å². The predicted molar refractivity (Wildman–Crippen MR) is 104 cm³/mol. The Morgan fingerprint density at radius 2 is 2.04 bits per heavy atom. The van der Waals surface area contributed by atoms with Crippen molar-refractivity contribution >= 4 is 60.6 Å². The van der Waals surface area contributed by atoms with Gasteiger partial charge in [-0.15, -0.1) is 0 Å². The SMILES string of the molecule is O=C(c1cc(F)ccc1Cl)c1c(Br)cc(NCCCO)c([N+](=O)[O-])c1Br. The van der Waals surface area contributed by atoms with Gasteiger partial charge in [0.15, 0.2) is 5.78 Å². The van der Waals surface area contributed by atoms with Crippen LogP contribution in [0.2, 0.25) is 5.02 Å². The van der Waals surface area contributed by atoms with Crippen LogP contribution in [0.15, 0.2) is 33.2 Å². The van der Waals surface area contributed by atoms with Gasteiger partial charge in [-0.05, 0) is 62.5 Å². The van der Waals surface area contributed by atoms with Crippen molar-refractivity contribution < 1.29 is 19.2 Å². The van der Waals surface area contributed by atoms with Gasteiger partial charge in [-0.2, -0.15) is 0 Å². The van der Waals surface area contributed by atoms with E-state index in [1.165, 1.54) is 12.1 Å². The van der Waals surface area contributed by atoms with Crippen molar-refractivity contribution in [3.05, 3.63) is 65.3 Å². The van der Waals surface area contributed by atoms with Crippen LogP contribution in [0, 0.1) is 15.9 Å². The van der Waals surface area contributed by atoms with Crippen molar-refractivity contribution in [2.75, 3.05) is 18.5 Å². The molecule has 0 radical (unpaired) electrons.